The van der Waals surface area contributed by atoms with Gasteiger partial charge in [0.05, 0.1) is 15.9 Å². The summed E-state index contributed by atoms with van der Waals surface area (Å²) >= 11 is 5.63. The molecule has 0 aromatic heterocycles. The van der Waals surface area contributed by atoms with Crippen LogP contribution in [0.5, 0.6) is 0 Å². The highest BCUT2D eigenvalue weighted by Gasteiger charge is 2.32. The highest BCUT2D eigenvalue weighted by molar-refractivity contribution is 7.89. The smallest absolute Gasteiger partial charge is 0.289 e. The summed E-state index contributed by atoms with van der Waals surface area (Å²) in [6, 6.07) is 3.33. The quantitative estimate of drug-likeness (QED) is 0.663. The van der Waals surface area contributed by atoms with Crippen molar-refractivity contribution >= 4 is 27.3 Å². The fourth-order valence-corrected chi connectivity index (χ4v) is 3.57. The number of aliphatic hydroxyl groups is 1. The van der Waals surface area contributed by atoms with Crippen molar-refractivity contribution in [1.29, 1.82) is 0 Å². The van der Waals surface area contributed by atoms with E-state index in [1.165, 1.54) is 12.1 Å². The first-order valence-corrected chi connectivity index (χ1v) is 7.26. The van der Waals surface area contributed by atoms with Gasteiger partial charge in [0.15, 0.2) is 0 Å². The van der Waals surface area contributed by atoms with Gasteiger partial charge >= 0.3 is 0 Å². The maximum Gasteiger partial charge on any atom is 0.289 e. The van der Waals surface area contributed by atoms with E-state index in [1.807, 2.05) is 0 Å². The van der Waals surface area contributed by atoms with Crippen LogP contribution in [0.3, 0.4) is 0 Å². The van der Waals surface area contributed by atoms with E-state index in [-0.39, 0.29) is 23.0 Å². The molecule has 0 spiro atoms. The lowest BCUT2D eigenvalue weighted by atomic mass is 10.3. The van der Waals surface area contributed by atoms with Gasteiger partial charge in [-0.05, 0) is 18.6 Å². The molecule has 1 aromatic carbocycles. The topological polar surface area (TPSA) is 101 Å². The maximum atomic E-state index is 12.2. The molecule has 1 aliphatic rings. The second kappa shape index (κ2) is 5.04. The first kappa shape index (κ1) is 14.2. The van der Waals surface area contributed by atoms with Crippen molar-refractivity contribution in [2.24, 2.45) is 0 Å². The third-order valence-electron chi connectivity index (χ3n) is 2.88. The molecule has 1 atom stereocenters. The number of sulfonamides is 1. The molecule has 0 bridgehead atoms. The van der Waals surface area contributed by atoms with Gasteiger partial charge in [0.25, 0.3) is 5.69 Å². The van der Waals surface area contributed by atoms with Crippen LogP contribution in [0.1, 0.15) is 6.42 Å². The molecule has 0 aliphatic carbocycles. The van der Waals surface area contributed by atoms with Crippen LogP contribution in [-0.2, 0) is 10.0 Å². The molecule has 9 heteroatoms. The Morgan fingerprint density at radius 2 is 2.16 bits per heavy atom. The molecular formula is C10H11ClN2O5S. The summed E-state index contributed by atoms with van der Waals surface area (Å²) in [4.78, 5) is 9.81. The Bertz CT molecular complexity index is 618. The molecule has 1 aromatic rings. The molecule has 1 aliphatic heterocycles. The van der Waals surface area contributed by atoms with E-state index in [2.05, 4.69) is 0 Å². The normalized spacial score (nSPS) is 20.6. The lowest BCUT2D eigenvalue weighted by molar-refractivity contribution is -0.384. The van der Waals surface area contributed by atoms with Gasteiger partial charge in [0.1, 0.15) is 5.02 Å². The summed E-state index contributed by atoms with van der Waals surface area (Å²) in [5, 5.41) is 20.0. The molecule has 1 heterocycles. The molecule has 104 valence electrons. The molecule has 1 N–H and O–H groups in total. The van der Waals surface area contributed by atoms with Crippen molar-refractivity contribution in [3.63, 3.8) is 0 Å². The summed E-state index contributed by atoms with van der Waals surface area (Å²) in [6.45, 7) is 0.193. The van der Waals surface area contributed by atoms with Crippen LogP contribution in [0.15, 0.2) is 23.1 Å². The fraction of sp³-hybridized carbons (Fsp3) is 0.400. The number of β-amino-alcohol motifs (C(OH)–C–C–N with tert-alkyl or cyclic N) is 1. The van der Waals surface area contributed by atoms with Crippen molar-refractivity contribution < 1.29 is 18.4 Å². The Kier molecular flexibility index (Phi) is 3.77. The first-order chi connectivity index (χ1) is 8.82. The first-order valence-electron chi connectivity index (χ1n) is 5.44. The van der Waals surface area contributed by atoms with Gasteiger partial charge in [0.2, 0.25) is 10.0 Å². The second-order valence-electron chi connectivity index (χ2n) is 4.18. The number of aliphatic hydroxyl groups excluding tert-OH is 1. The Morgan fingerprint density at radius 3 is 2.68 bits per heavy atom. The number of benzene rings is 1. The van der Waals surface area contributed by atoms with E-state index in [0.717, 1.165) is 10.4 Å². The van der Waals surface area contributed by atoms with Crippen molar-refractivity contribution in [3.8, 4) is 0 Å². The number of hydrogen-bond donors (Lipinski definition) is 1. The molecule has 0 radical (unpaired) electrons. The number of rotatable bonds is 3. The minimum absolute atomic E-state index is 0.00123. The zero-order valence-electron chi connectivity index (χ0n) is 9.69. The fourth-order valence-electron chi connectivity index (χ4n) is 1.87. The zero-order chi connectivity index (χ0) is 14.2. The largest absolute Gasteiger partial charge is 0.392 e. The van der Waals surface area contributed by atoms with E-state index >= 15 is 0 Å². The van der Waals surface area contributed by atoms with Crippen LogP contribution >= 0.6 is 11.6 Å². The van der Waals surface area contributed by atoms with Crippen LogP contribution in [0.4, 0.5) is 5.69 Å². The van der Waals surface area contributed by atoms with Gasteiger partial charge in [-0.3, -0.25) is 10.1 Å². The van der Waals surface area contributed by atoms with E-state index in [9.17, 15) is 23.6 Å². The van der Waals surface area contributed by atoms with Gasteiger partial charge in [0, 0.05) is 19.2 Å². The molecule has 1 fully saturated rings. The van der Waals surface area contributed by atoms with E-state index < -0.39 is 26.7 Å². The summed E-state index contributed by atoms with van der Waals surface area (Å²) in [5.41, 5.74) is -0.456. The van der Waals surface area contributed by atoms with Gasteiger partial charge in [-0.1, -0.05) is 11.6 Å². The number of halogens is 1. The zero-order valence-corrected chi connectivity index (χ0v) is 11.3. The minimum Gasteiger partial charge on any atom is -0.392 e. The van der Waals surface area contributed by atoms with Gasteiger partial charge in [-0.25, -0.2) is 8.42 Å². The highest BCUT2D eigenvalue weighted by Crippen LogP contribution is 2.29. The molecule has 0 saturated carbocycles. The molecule has 7 nitrogen and oxygen atoms in total. The average molecular weight is 307 g/mol. The number of nitro groups is 1. The standard InChI is InChI=1S/C10H11ClN2O5S/c11-9-2-1-8(5-10(9)13(15)16)19(17,18)12-4-3-7(14)6-12/h1-2,5,7,14H,3-4,6H2/t7-/m0/s1. The van der Waals surface area contributed by atoms with E-state index in [1.54, 1.807) is 0 Å². The third kappa shape index (κ3) is 2.71. The van der Waals surface area contributed by atoms with Crippen LogP contribution in [0.2, 0.25) is 5.02 Å². The van der Waals surface area contributed by atoms with Crippen LogP contribution in [0, 0.1) is 10.1 Å². The molecule has 1 saturated heterocycles. The van der Waals surface area contributed by atoms with Crippen LogP contribution in [0.25, 0.3) is 0 Å². The molecule has 0 unspecified atom stereocenters. The minimum atomic E-state index is -3.83. The van der Waals surface area contributed by atoms with Gasteiger partial charge in [-0.2, -0.15) is 4.31 Å². The number of nitrogens with zero attached hydrogens (tertiary/aromatic N) is 2. The highest BCUT2D eigenvalue weighted by atomic mass is 35.5. The SMILES string of the molecule is O=[N+]([O-])c1cc(S(=O)(=O)N2CC[C@H](O)C2)ccc1Cl. The Balaban J connectivity index is 2.41. The van der Waals surface area contributed by atoms with Gasteiger partial charge < -0.3 is 5.11 Å². The van der Waals surface area contributed by atoms with Crippen molar-refractivity contribution in [1.82, 2.24) is 4.31 Å². The third-order valence-corrected chi connectivity index (χ3v) is 5.06. The van der Waals surface area contributed by atoms with E-state index in [4.69, 9.17) is 11.6 Å². The summed E-state index contributed by atoms with van der Waals surface area (Å²) < 4.78 is 25.5. The predicted molar refractivity (Wildman–Crippen MR) is 67.5 cm³/mol. The number of nitro benzene ring substituents is 1. The maximum absolute atomic E-state index is 12.2. The Labute approximate surface area is 114 Å². The molecule has 2 rings (SSSR count). The summed E-state index contributed by atoms with van der Waals surface area (Å²) in [5.74, 6) is 0. The lowest BCUT2D eigenvalue weighted by Crippen LogP contribution is -2.29. The lowest BCUT2D eigenvalue weighted by Gasteiger charge is -2.15. The van der Waals surface area contributed by atoms with Gasteiger partial charge in [-0.15, -0.1) is 0 Å². The Hall–Kier alpha value is -1.22. The van der Waals surface area contributed by atoms with E-state index in [0.29, 0.717) is 6.42 Å². The molecule has 0 amide bonds. The van der Waals surface area contributed by atoms with Crippen LogP contribution in [-0.4, -0.2) is 41.9 Å². The molecule has 19 heavy (non-hydrogen) atoms. The molecular weight excluding hydrogens is 296 g/mol. The predicted octanol–water partition coefficient (Wildman–Crippen LogP) is 1.00. The van der Waals surface area contributed by atoms with Crippen molar-refractivity contribution in [3.05, 3.63) is 33.3 Å². The van der Waals surface area contributed by atoms with Crippen molar-refractivity contribution in [2.75, 3.05) is 13.1 Å². The van der Waals surface area contributed by atoms with Crippen LogP contribution < -0.4 is 0 Å². The average Bonchev–Trinajstić information content (AvgIpc) is 2.76. The summed E-state index contributed by atoms with van der Waals surface area (Å²) in [7, 11) is -3.83. The monoisotopic (exact) mass is 306 g/mol. The summed E-state index contributed by atoms with van der Waals surface area (Å²) in [6.07, 6.45) is -0.341. The Morgan fingerprint density at radius 1 is 1.47 bits per heavy atom. The second-order valence-corrected chi connectivity index (χ2v) is 6.52. The number of hydrogen-bond acceptors (Lipinski definition) is 5. The van der Waals surface area contributed by atoms with Crippen molar-refractivity contribution in [2.45, 2.75) is 17.4 Å².